The second-order valence-corrected chi connectivity index (χ2v) is 6.06. The molecular weight excluding hydrogens is 320 g/mol. The zero-order valence-corrected chi connectivity index (χ0v) is 15.0. The van der Waals surface area contributed by atoms with Crippen molar-refractivity contribution in [3.8, 4) is 0 Å². The Morgan fingerprint density at radius 1 is 1.28 bits per heavy atom. The van der Waals surface area contributed by atoms with Crippen LogP contribution in [0, 0.1) is 0 Å². The number of β-amino-alcohol motifs (C(OH)–C–C–N with tert-alkyl or cyclic N) is 1. The SMILES string of the molecule is CCC(CC)c1ccc(NC2=C(C(=O)OC)CN(CCO)C2=O)cc1. The fourth-order valence-corrected chi connectivity index (χ4v) is 3.09. The van der Waals surface area contributed by atoms with Crippen LogP contribution in [0.25, 0.3) is 0 Å². The number of hydrogen-bond acceptors (Lipinski definition) is 5. The zero-order valence-electron chi connectivity index (χ0n) is 15.0. The monoisotopic (exact) mass is 346 g/mol. The molecule has 1 amide bonds. The number of amides is 1. The van der Waals surface area contributed by atoms with E-state index in [0.29, 0.717) is 5.92 Å². The number of carbonyl (C=O) groups is 2. The summed E-state index contributed by atoms with van der Waals surface area (Å²) in [4.78, 5) is 25.9. The highest BCUT2D eigenvalue weighted by Crippen LogP contribution is 2.26. The second kappa shape index (κ2) is 8.67. The fourth-order valence-electron chi connectivity index (χ4n) is 3.09. The molecule has 6 heteroatoms. The molecule has 136 valence electrons. The minimum atomic E-state index is -0.537. The molecule has 0 aliphatic carbocycles. The third-order valence-electron chi connectivity index (χ3n) is 4.59. The Bertz CT molecular complexity index is 648. The molecule has 0 atom stereocenters. The van der Waals surface area contributed by atoms with Crippen LogP contribution < -0.4 is 5.32 Å². The lowest BCUT2D eigenvalue weighted by Gasteiger charge is -2.16. The molecular formula is C19H26N2O4. The maximum absolute atomic E-state index is 12.5. The van der Waals surface area contributed by atoms with E-state index < -0.39 is 5.97 Å². The first-order chi connectivity index (χ1) is 12.0. The number of aliphatic hydroxyl groups is 1. The summed E-state index contributed by atoms with van der Waals surface area (Å²) in [5.74, 6) is -0.324. The van der Waals surface area contributed by atoms with Crippen molar-refractivity contribution in [2.75, 3.05) is 32.1 Å². The molecule has 0 unspecified atom stereocenters. The number of ether oxygens (including phenoxy) is 1. The van der Waals surface area contributed by atoms with Gasteiger partial charge in [-0.15, -0.1) is 0 Å². The minimum Gasteiger partial charge on any atom is -0.466 e. The van der Waals surface area contributed by atoms with Crippen LogP contribution in [-0.4, -0.2) is 48.7 Å². The lowest BCUT2D eigenvalue weighted by Crippen LogP contribution is -2.31. The first-order valence-corrected chi connectivity index (χ1v) is 8.64. The van der Waals surface area contributed by atoms with Gasteiger partial charge in [0.1, 0.15) is 5.70 Å². The molecule has 2 rings (SSSR count). The van der Waals surface area contributed by atoms with Crippen molar-refractivity contribution in [1.29, 1.82) is 0 Å². The molecule has 25 heavy (non-hydrogen) atoms. The Morgan fingerprint density at radius 2 is 1.92 bits per heavy atom. The highest BCUT2D eigenvalue weighted by molar-refractivity contribution is 6.08. The highest BCUT2D eigenvalue weighted by atomic mass is 16.5. The molecule has 1 aromatic carbocycles. The van der Waals surface area contributed by atoms with Crippen molar-refractivity contribution in [2.45, 2.75) is 32.6 Å². The molecule has 0 radical (unpaired) electrons. The van der Waals surface area contributed by atoms with Crippen LogP contribution in [0.3, 0.4) is 0 Å². The van der Waals surface area contributed by atoms with Crippen LogP contribution in [0.2, 0.25) is 0 Å². The van der Waals surface area contributed by atoms with Gasteiger partial charge >= 0.3 is 5.97 Å². The van der Waals surface area contributed by atoms with E-state index in [1.807, 2.05) is 24.3 Å². The van der Waals surface area contributed by atoms with Crippen LogP contribution in [0.1, 0.15) is 38.2 Å². The molecule has 0 fully saturated rings. The van der Waals surface area contributed by atoms with E-state index in [1.54, 1.807) is 0 Å². The van der Waals surface area contributed by atoms with Gasteiger partial charge in [-0.1, -0.05) is 26.0 Å². The average Bonchev–Trinajstić information content (AvgIpc) is 2.93. The van der Waals surface area contributed by atoms with Crippen molar-refractivity contribution >= 4 is 17.6 Å². The van der Waals surface area contributed by atoms with Crippen LogP contribution in [0.15, 0.2) is 35.5 Å². The molecule has 1 aromatic rings. The van der Waals surface area contributed by atoms with E-state index in [2.05, 4.69) is 19.2 Å². The highest BCUT2D eigenvalue weighted by Gasteiger charge is 2.34. The van der Waals surface area contributed by atoms with Gasteiger partial charge in [0.2, 0.25) is 0 Å². The van der Waals surface area contributed by atoms with Crippen LogP contribution in [-0.2, 0) is 14.3 Å². The predicted molar refractivity (Wildman–Crippen MR) is 96.1 cm³/mol. The lowest BCUT2D eigenvalue weighted by molar-refractivity contribution is -0.136. The van der Waals surface area contributed by atoms with E-state index in [1.165, 1.54) is 17.6 Å². The Hall–Kier alpha value is -2.34. The Labute approximate surface area is 148 Å². The van der Waals surface area contributed by atoms with E-state index >= 15 is 0 Å². The summed E-state index contributed by atoms with van der Waals surface area (Å²) in [6, 6.07) is 7.92. The first kappa shape index (κ1) is 19.0. The minimum absolute atomic E-state index is 0.139. The van der Waals surface area contributed by atoms with E-state index in [0.717, 1.165) is 18.5 Å². The molecule has 1 aliphatic rings. The molecule has 6 nitrogen and oxygen atoms in total. The molecule has 0 spiro atoms. The second-order valence-electron chi connectivity index (χ2n) is 6.06. The van der Waals surface area contributed by atoms with E-state index in [9.17, 15) is 9.59 Å². The van der Waals surface area contributed by atoms with Crippen molar-refractivity contribution in [3.63, 3.8) is 0 Å². The van der Waals surface area contributed by atoms with Gasteiger partial charge in [-0.2, -0.15) is 0 Å². The predicted octanol–water partition coefficient (Wildman–Crippen LogP) is 2.26. The maximum Gasteiger partial charge on any atom is 0.337 e. The summed E-state index contributed by atoms with van der Waals surface area (Å²) >= 11 is 0. The Morgan fingerprint density at radius 3 is 2.44 bits per heavy atom. The number of nitrogens with zero attached hydrogens (tertiary/aromatic N) is 1. The van der Waals surface area contributed by atoms with Gasteiger partial charge in [0.15, 0.2) is 0 Å². The number of methoxy groups -OCH3 is 1. The van der Waals surface area contributed by atoms with E-state index in [-0.39, 0.29) is 36.9 Å². The standard InChI is InChI=1S/C19H26N2O4/c1-4-13(5-2)14-6-8-15(9-7-14)20-17-16(19(24)25-3)12-21(10-11-22)18(17)23/h6-9,13,20,22H,4-5,10-12H2,1-3H3. The van der Waals surface area contributed by atoms with Crippen molar-refractivity contribution in [3.05, 3.63) is 41.1 Å². The summed E-state index contributed by atoms with van der Waals surface area (Å²) in [6.07, 6.45) is 2.16. The lowest BCUT2D eigenvalue weighted by atomic mass is 9.94. The molecule has 1 aliphatic heterocycles. The van der Waals surface area contributed by atoms with Gasteiger partial charge in [-0.05, 0) is 36.5 Å². The molecule has 0 saturated carbocycles. The van der Waals surface area contributed by atoms with Gasteiger partial charge in [0, 0.05) is 12.2 Å². The number of aliphatic hydroxyl groups excluding tert-OH is 1. The maximum atomic E-state index is 12.5. The smallest absolute Gasteiger partial charge is 0.337 e. The number of anilines is 1. The summed E-state index contributed by atoms with van der Waals surface area (Å²) in [5, 5.41) is 12.1. The molecule has 1 heterocycles. The number of esters is 1. The van der Waals surface area contributed by atoms with Crippen molar-refractivity contribution in [2.24, 2.45) is 0 Å². The fraction of sp³-hybridized carbons (Fsp3) is 0.474. The number of carbonyl (C=O) groups excluding carboxylic acids is 2. The number of rotatable bonds is 8. The van der Waals surface area contributed by atoms with E-state index in [4.69, 9.17) is 9.84 Å². The first-order valence-electron chi connectivity index (χ1n) is 8.64. The topological polar surface area (TPSA) is 78.9 Å². The number of hydrogen-bond donors (Lipinski definition) is 2. The molecule has 2 N–H and O–H groups in total. The van der Waals surface area contributed by atoms with Gasteiger partial charge in [0.25, 0.3) is 5.91 Å². The summed E-state index contributed by atoms with van der Waals surface area (Å²) in [6.45, 7) is 4.50. The van der Waals surface area contributed by atoms with Crippen LogP contribution >= 0.6 is 0 Å². The summed E-state index contributed by atoms with van der Waals surface area (Å²) in [5.41, 5.74) is 2.50. The van der Waals surface area contributed by atoms with Gasteiger partial charge in [0.05, 0.1) is 25.8 Å². The molecule has 0 saturated heterocycles. The third kappa shape index (κ3) is 4.20. The Kier molecular flexibility index (Phi) is 6.58. The van der Waals surface area contributed by atoms with Crippen molar-refractivity contribution < 1.29 is 19.4 Å². The number of nitrogens with one attached hydrogen (secondary N) is 1. The average molecular weight is 346 g/mol. The summed E-state index contributed by atoms with van der Waals surface area (Å²) in [7, 11) is 1.29. The van der Waals surface area contributed by atoms with Gasteiger partial charge in [-0.25, -0.2) is 4.79 Å². The normalized spacial score (nSPS) is 14.4. The number of benzene rings is 1. The molecule has 0 bridgehead atoms. The van der Waals surface area contributed by atoms with Crippen LogP contribution in [0.5, 0.6) is 0 Å². The third-order valence-corrected chi connectivity index (χ3v) is 4.59. The van der Waals surface area contributed by atoms with Gasteiger partial charge < -0.3 is 20.1 Å². The molecule has 0 aromatic heterocycles. The Balaban J connectivity index is 2.23. The summed E-state index contributed by atoms with van der Waals surface area (Å²) < 4.78 is 4.78. The van der Waals surface area contributed by atoms with Crippen LogP contribution in [0.4, 0.5) is 5.69 Å². The van der Waals surface area contributed by atoms with Crippen molar-refractivity contribution in [1.82, 2.24) is 4.90 Å². The van der Waals surface area contributed by atoms with Gasteiger partial charge in [-0.3, -0.25) is 4.79 Å². The zero-order chi connectivity index (χ0) is 18.4. The quantitative estimate of drug-likeness (QED) is 0.706. The largest absolute Gasteiger partial charge is 0.466 e.